The van der Waals surface area contributed by atoms with E-state index in [0.29, 0.717) is 0 Å². The molecule has 1 aliphatic rings. The number of carbonyl (C=O) groups excluding carboxylic acids is 2. The number of pyridine rings is 1. The summed E-state index contributed by atoms with van der Waals surface area (Å²) in [5.41, 5.74) is 9.99. The molecule has 11 nitrogen and oxygen atoms in total. The molecule has 0 saturated carbocycles. The largest absolute Gasteiger partial charge is 0.502 e. The van der Waals surface area contributed by atoms with Gasteiger partial charge in [-0.3, -0.25) is 19.2 Å². The number of aliphatic imine (C=N–C) groups is 1. The number of hydrogen-bond acceptors (Lipinski definition) is 9. The molecule has 27 heavy (non-hydrogen) atoms. The summed E-state index contributed by atoms with van der Waals surface area (Å²) in [5, 5.41) is 17.4. The van der Waals surface area contributed by atoms with E-state index in [1.165, 1.54) is 29.2 Å². The van der Waals surface area contributed by atoms with Gasteiger partial charge in [-0.05, 0) is 0 Å². The molecule has 0 aliphatic carbocycles. The van der Waals surface area contributed by atoms with Gasteiger partial charge in [-0.15, -0.1) is 0 Å². The number of carbonyl (C=O) groups is 3. The first kappa shape index (κ1) is 21.6. The fraction of sp³-hybridized carbons (Fsp3) is 0.312. The highest BCUT2D eigenvalue weighted by Crippen LogP contribution is 2.05. The fourth-order valence-corrected chi connectivity index (χ4v) is 1.72. The minimum absolute atomic E-state index is 0.0215. The lowest BCUT2D eigenvalue weighted by atomic mass is 10.2. The number of ketones is 1. The van der Waals surface area contributed by atoms with Crippen molar-refractivity contribution in [3.8, 4) is 5.75 Å². The number of aromatic nitrogens is 1. The summed E-state index contributed by atoms with van der Waals surface area (Å²) in [6.45, 7) is 1.58. The van der Waals surface area contributed by atoms with Crippen LogP contribution in [0.1, 0.15) is 19.8 Å². The van der Waals surface area contributed by atoms with Gasteiger partial charge in [-0.25, -0.2) is 4.99 Å². The summed E-state index contributed by atoms with van der Waals surface area (Å²) in [7, 11) is 0. The number of nitrogens with two attached hydrogens (primary N) is 2. The third-order valence-corrected chi connectivity index (χ3v) is 3.19. The number of carboxylic acids is 1. The molecule has 0 amide bonds. The van der Waals surface area contributed by atoms with E-state index in [1.54, 1.807) is 6.92 Å². The van der Waals surface area contributed by atoms with Crippen LogP contribution in [-0.4, -0.2) is 44.8 Å². The Morgan fingerprint density at radius 1 is 1.41 bits per heavy atom. The zero-order valence-electron chi connectivity index (χ0n) is 14.5. The van der Waals surface area contributed by atoms with Crippen molar-refractivity contribution in [2.45, 2.75) is 32.4 Å². The molecular formula is C16H20N4O7. The lowest BCUT2D eigenvalue weighted by molar-refractivity contribution is -0.139. The topological polar surface area (TPSA) is 187 Å². The number of carboxylic acid groups (broad SMARTS) is 1. The lowest BCUT2D eigenvalue weighted by Crippen LogP contribution is -2.34. The predicted octanol–water partition coefficient (Wildman–Crippen LogP) is -0.709. The first-order valence-electron chi connectivity index (χ1n) is 7.79. The number of esters is 1. The second-order valence-corrected chi connectivity index (χ2v) is 5.32. The predicted molar refractivity (Wildman–Crippen MR) is 94.2 cm³/mol. The fourth-order valence-electron chi connectivity index (χ4n) is 1.72. The van der Waals surface area contributed by atoms with Crippen molar-refractivity contribution in [3.63, 3.8) is 0 Å². The SMILES string of the molecule is CCC(=O)Oc1cn(C[C@H](N)C(=O)O)ccc1=O.NC1=C(O)C(=O)CC=N1. The van der Waals surface area contributed by atoms with Gasteiger partial charge in [0.2, 0.25) is 17.0 Å². The second-order valence-electron chi connectivity index (χ2n) is 5.32. The molecule has 0 bridgehead atoms. The Morgan fingerprint density at radius 2 is 2.07 bits per heavy atom. The summed E-state index contributed by atoms with van der Waals surface area (Å²) in [5.74, 6) is -2.71. The van der Waals surface area contributed by atoms with Crippen molar-refractivity contribution in [1.29, 1.82) is 0 Å². The van der Waals surface area contributed by atoms with E-state index < -0.39 is 29.2 Å². The molecule has 0 aromatic carbocycles. The molecule has 0 radical (unpaired) electrons. The summed E-state index contributed by atoms with van der Waals surface area (Å²) < 4.78 is 6.20. The van der Waals surface area contributed by atoms with Crippen molar-refractivity contribution in [2.24, 2.45) is 16.5 Å². The number of ether oxygens (including phenoxy) is 1. The van der Waals surface area contributed by atoms with Crippen LogP contribution in [0.3, 0.4) is 0 Å². The Labute approximate surface area is 153 Å². The van der Waals surface area contributed by atoms with Gasteiger partial charge in [0.25, 0.3) is 0 Å². The molecule has 6 N–H and O–H groups in total. The molecule has 1 aliphatic heterocycles. The van der Waals surface area contributed by atoms with Crippen LogP contribution in [0.15, 0.2) is 39.8 Å². The Bertz CT molecular complexity index is 841. The van der Waals surface area contributed by atoms with E-state index in [1.807, 2.05) is 0 Å². The molecule has 0 spiro atoms. The summed E-state index contributed by atoms with van der Waals surface area (Å²) in [4.78, 5) is 47.1. The van der Waals surface area contributed by atoms with Gasteiger partial charge in [0, 0.05) is 37.9 Å². The van der Waals surface area contributed by atoms with Gasteiger partial charge in [0.05, 0.1) is 6.20 Å². The Kier molecular flexibility index (Phi) is 7.89. The van der Waals surface area contributed by atoms with Crippen LogP contribution in [0, 0.1) is 0 Å². The van der Waals surface area contributed by atoms with Crippen molar-refractivity contribution in [2.75, 3.05) is 0 Å². The summed E-state index contributed by atoms with van der Waals surface area (Å²) >= 11 is 0. The third-order valence-electron chi connectivity index (χ3n) is 3.19. The first-order chi connectivity index (χ1) is 12.6. The van der Waals surface area contributed by atoms with Crippen LogP contribution in [-0.2, 0) is 20.9 Å². The van der Waals surface area contributed by atoms with Crippen molar-refractivity contribution in [1.82, 2.24) is 4.57 Å². The number of aliphatic carboxylic acids is 1. The number of allylic oxidation sites excluding steroid dienone is 1. The highest BCUT2D eigenvalue weighted by atomic mass is 16.5. The van der Waals surface area contributed by atoms with Crippen molar-refractivity contribution in [3.05, 3.63) is 40.3 Å². The van der Waals surface area contributed by atoms with Crippen LogP contribution >= 0.6 is 0 Å². The number of rotatable bonds is 5. The molecule has 146 valence electrons. The number of aliphatic hydroxyl groups is 1. The Morgan fingerprint density at radius 3 is 2.59 bits per heavy atom. The number of aliphatic hydroxyl groups excluding tert-OH is 1. The maximum atomic E-state index is 11.4. The molecule has 1 aromatic heterocycles. The average Bonchev–Trinajstić information content (AvgIpc) is 2.62. The lowest BCUT2D eigenvalue weighted by Gasteiger charge is -2.11. The van der Waals surface area contributed by atoms with Gasteiger partial charge < -0.3 is 31.0 Å². The molecule has 2 rings (SSSR count). The maximum Gasteiger partial charge on any atom is 0.322 e. The quantitative estimate of drug-likeness (QED) is 0.478. The number of hydrogen-bond donors (Lipinski definition) is 4. The highest BCUT2D eigenvalue weighted by Gasteiger charge is 2.14. The van der Waals surface area contributed by atoms with Gasteiger partial charge in [0.15, 0.2) is 11.6 Å². The maximum absolute atomic E-state index is 11.4. The van der Waals surface area contributed by atoms with Gasteiger partial charge in [0.1, 0.15) is 6.04 Å². The van der Waals surface area contributed by atoms with E-state index in [4.69, 9.17) is 26.4 Å². The van der Waals surface area contributed by atoms with Gasteiger partial charge in [-0.1, -0.05) is 6.92 Å². The number of nitrogens with zero attached hydrogens (tertiary/aromatic N) is 2. The molecule has 2 heterocycles. The van der Waals surface area contributed by atoms with Crippen LogP contribution in [0.25, 0.3) is 0 Å². The van der Waals surface area contributed by atoms with E-state index in [9.17, 15) is 19.2 Å². The van der Waals surface area contributed by atoms with E-state index in [0.717, 1.165) is 0 Å². The van der Waals surface area contributed by atoms with Gasteiger partial charge in [-0.2, -0.15) is 0 Å². The van der Waals surface area contributed by atoms with E-state index in [2.05, 4.69) is 4.99 Å². The Balaban J connectivity index is 0.000000337. The van der Waals surface area contributed by atoms with Crippen LogP contribution in [0.4, 0.5) is 0 Å². The minimum atomic E-state index is -1.15. The van der Waals surface area contributed by atoms with E-state index >= 15 is 0 Å². The normalized spacial score (nSPS) is 14.2. The zero-order chi connectivity index (χ0) is 20.6. The highest BCUT2D eigenvalue weighted by molar-refractivity contribution is 6.03. The van der Waals surface area contributed by atoms with Crippen molar-refractivity contribution >= 4 is 23.9 Å². The van der Waals surface area contributed by atoms with Crippen LogP contribution < -0.4 is 21.6 Å². The van der Waals surface area contributed by atoms with Gasteiger partial charge >= 0.3 is 11.9 Å². The van der Waals surface area contributed by atoms with Crippen LogP contribution in [0.2, 0.25) is 0 Å². The smallest absolute Gasteiger partial charge is 0.322 e. The third kappa shape index (κ3) is 6.74. The minimum Gasteiger partial charge on any atom is -0.502 e. The van der Waals surface area contributed by atoms with E-state index in [-0.39, 0.29) is 36.7 Å². The summed E-state index contributed by atoms with van der Waals surface area (Å²) in [6, 6.07) is 0.0922. The standard InChI is InChI=1S/C11H14N2O5.C5H6N2O2/c1-2-10(15)18-9-6-13(4-3-8(9)14)5-7(12)11(16)17;6-5-4(9)3(8)1-2-7-5/h3-4,6-7H,2,5,12H2,1H3,(H,16,17);2,9H,1,6H2/t7-;/m0./s1. The molecular weight excluding hydrogens is 360 g/mol. The first-order valence-corrected chi connectivity index (χ1v) is 7.79. The monoisotopic (exact) mass is 380 g/mol. The van der Waals surface area contributed by atoms with Crippen LogP contribution in [0.5, 0.6) is 5.75 Å². The van der Waals surface area contributed by atoms with Crippen molar-refractivity contribution < 1.29 is 29.3 Å². The zero-order valence-corrected chi connectivity index (χ0v) is 14.5. The molecule has 11 heteroatoms. The molecule has 1 atom stereocenters. The molecule has 0 unspecified atom stereocenters. The molecule has 0 saturated heterocycles. The summed E-state index contributed by atoms with van der Waals surface area (Å²) in [6.07, 6.45) is 4.31. The average molecular weight is 380 g/mol. The number of Topliss-reactive ketones (excluding diaryl/α,β-unsaturated/α-hetero) is 1. The Hall–Kier alpha value is -3.47. The molecule has 0 fully saturated rings. The molecule has 1 aromatic rings. The second kappa shape index (κ2) is 9.87.